The van der Waals surface area contributed by atoms with Crippen molar-refractivity contribution >= 4 is 17.8 Å². The Hall–Kier alpha value is -0.710. The maximum Gasteiger partial charge on any atom is 0.313 e. The molecule has 1 heterocycles. The minimum Gasteiger partial charge on any atom is -0.398 e. The van der Waals surface area contributed by atoms with E-state index in [0.717, 1.165) is 12.2 Å². The number of rotatable bonds is 4. The summed E-state index contributed by atoms with van der Waals surface area (Å²) in [6.45, 7) is 2.14. The van der Waals surface area contributed by atoms with Crippen molar-refractivity contribution in [2.75, 3.05) is 11.5 Å². The third-order valence-electron chi connectivity index (χ3n) is 1.15. The second kappa shape index (κ2) is 4.23. The summed E-state index contributed by atoms with van der Waals surface area (Å²) in [5, 5.41) is 7.81. The number of nitrogens with two attached hydrogens (primary N) is 1. The fraction of sp³-hybridized carbons (Fsp3) is 0.667. The van der Waals surface area contributed by atoms with E-state index in [9.17, 15) is 0 Å². The van der Waals surface area contributed by atoms with Crippen molar-refractivity contribution in [3.05, 3.63) is 0 Å². The minimum atomic E-state index is 0.143. The van der Waals surface area contributed by atoms with Crippen LogP contribution in [0.3, 0.4) is 0 Å². The van der Waals surface area contributed by atoms with E-state index in [0.29, 0.717) is 5.22 Å². The lowest BCUT2D eigenvalue weighted by Gasteiger charge is -1.90. The van der Waals surface area contributed by atoms with E-state index < -0.39 is 0 Å². The lowest BCUT2D eigenvalue weighted by atomic mass is 10.4. The van der Waals surface area contributed by atoms with Gasteiger partial charge in [-0.15, -0.1) is 0 Å². The molecule has 2 N–H and O–H groups in total. The molecule has 0 fully saturated rings. The number of hydrogen-bond donors (Lipinski definition) is 1. The van der Waals surface area contributed by atoms with Crippen LogP contribution in [0, 0.1) is 0 Å². The standard InChI is InChI=1S/C6H11N3OS/c1-2-3-4-11-6-9-8-5(7)10-6/h2-4H2,1H3,(H2,7,8). The molecule has 0 aliphatic carbocycles. The van der Waals surface area contributed by atoms with Gasteiger partial charge in [-0.2, -0.15) is 0 Å². The zero-order chi connectivity index (χ0) is 8.10. The molecule has 0 aliphatic heterocycles. The molecule has 0 aliphatic rings. The molecule has 5 heteroatoms. The Balaban J connectivity index is 2.27. The van der Waals surface area contributed by atoms with Gasteiger partial charge < -0.3 is 10.2 Å². The third kappa shape index (κ3) is 2.80. The van der Waals surface area contributed by atoms with E-state index in [1.165, 1.54) is 6.42 Å². The smallest absolute Gasteiger partial charge is 0.313 e. The van der Waals surface area contributed by atoms with Crippen LogP contribution < -0.4 is 5.73 Å². The first kappa shape index (κ1) is 8.39. The zero-order valence-electron chi connectivity index (χ0n) is 6.41. The van der Waals surface area contributed by atoms with E-state index in [4.69, 9.17) is 10.2 Å². The van der Waals surface area contributed by atoms with Gasteiger partial charge >= 0.3 is 6.01 Å². The molecule has 4 nitrogen and oxygen atoms in total. The van der Waals surface area contributed by atoms with E-state index in [1.54, 1.807) is 11.8 Å². The maximum absolute atomic E-state index is 5.23. The second-order valence-electron chi connectivity index (χ2n) is 2.11. The predicted octanol–water partition coefficient (Wildman–Crippen LogP) is 1.54. The molecule has 0 radical (unpaired) electrons. The second-order valence-corrected chi connectivity index (χ2v) is 3.15. The summed E-state index contributed by atoms with van der Waals surface area (Å²) in [4.78, 5) is 0. The van der Waals surface area contributed by atoms with Crippen molar-refractivity contribution in [2.45, 2.75) is 25.0 Å². The molecule has 1 rings (SSSR count). The molecule has 62 valence electrons. The Morgan fingerprint density at radius 2 is 2.36 bits per heavy atom. The third-order valence-corrected chi connectivity index (χ3v) is 2.05. The van der Waals surface area contributed by atoms with Gasteiger partial charge in [0.05, 0.1) is 0 Å². The summed E-state index contributed by atoms with van der Waals surface area (Å²) in [5.74, 6) is 1.01. The normalized spacial score (nSPS) is 10.3. The minimum absolute atomic E-state index is 0.143. The molecule has 11 heavy (non-hydrogen) atoms. The number of hydrogen-bond acceptors (Lipinski definition) is 5. The number of anilines is 1. The van der Waals surface area contributed by atoms with E-state index in [1.807, 2.05) is 0 Å². The average molecular weight is 173 g/mol. The molecule has 0 unspecified atom stereocenters. The molecule has 0 amide bonds. The van der Waals surface area contributed by atoms with Gasteiger partial charge in [-0.1, -0.05) is 35.3 Å². The van der Waals surface area contributed by atoms with Gasteiger partial charge in [-0.05, 0) is 6.42 Å². The first-order valence-electron chi connectivity index (χ1n) is 3.54. The Morgan fingerprint density at radius 3 is 2.91 bits per heavy atom. The van der Waals surface area contributed by atoms with Crippen molar-refractivity contribution < 1.29 is 4.42 Å². The molecule has 1 aromatic rings. The largest absolute Gasteiger partial charge is 0.398 e. The molecule has 0 saturated carbocycles. The van der Waals surface area contributed by atoms with E-state index in [2.05, 4.69) is 17.1 Å². The number of nitrogens with zero attached hydrogens (tertiary/aromatic N) is 2. The molecule has 0 saturated heterocycles. The first-order valence-corrected chi connectivity index (χ1v) is 4.53. The maximum atomic E-state index is 5.23. The van der Waals surface area contributed by atoms with Crippen molar-refractivity contribution in [3.8, 4) is 0 Å². The van der Waals surface area contributed by atoms with E-state index >= 15 is 0 Å². The van der Waals surface area contributed by atoms with Crippen LogP contribution >= 0.6 is 11.8 Å². The molecular formula is C6H11N3OS. The van der Waals surface area contributed by atoms with Gasteiger partial charge in [-0.3, -0.25) is 0 Å². The highest BCUT2D eigenvalue weighted by Gasteiger charge is 2.01. The summed E-state index contributed by atoms with van der Waals surface area (Å²) in [5.41, 5.74) is 5.23. The fourth-order valence-corrected chi connectivity index (χ4v) is 1.43. The summed E-state index contributed by atoms with van der Waals surface area (Å²) in [6, 6.07) is 0.143. The average Bonchev–Trinajstić information content (AvgIpc) is 2.37. The van der Waals surface area contributed by atoms with Gasteiger partial charge in [0.25, 0.3) is 5.22 Å². The van der Waals surface area contributed by atoms with Gasteiger partial charge in [0.2, 0.25) is 0 Å². The van der Waals surface area contributed by atoms with Crippen molar-refractivity contribution in [2.24, 2.45) is 0 Å². The lowest BCUT2D eigenvalue weighted by molar-refractivity contribution is 0.470. The topological polar surface area (TPSA) is 64.9 Å². The first-order chi connectivity index (χ1) is 5.33. The monoisotopic (exact) mass is 173 g/mol. The Labute approximate surface area is 69.6 Å². The Morgan fingerprint density at radius 1 is 1.55 bits per heavy atom. The van der Waals surface area contributed by atoms with E-state index in [-0.39, 0.29) is 6.01 Å². The van der Waals surface area contributed by atoms with Gasteiger partial charge in [0.1, 0.15) is 0 Å². The van der Waals surface area contributed by atoms with Crippen LogP contribution in [0.4, 0.5) is 6.01 Å². The molecule has 0 atom stereocenters. The van der Waals surface area contributed by atoms with Crippen LogP contribution in [-0.2, 0) is 0 Å². The van der Waals surface area contributed by atoms with Gasteiger partial charge in [-0.25, -0.2) is 0 Å². The summed E-state index contributed by atoms with van der Waals surface area (Å²) >= 11 is 1.55. The van der Waals surface area contributed by atoms with Crippen LogP contribution in [0.25, 0.3) is 0 Å². The van der Waals surface area contributed by atoms with Crippen LogP contribution in [0.1, 0.15) is 19.8 Å². The molecule has 0 spiro atoms. The van der Waals surface area contributed by atoms with Crippen molar-refractivity contribution in [1.82, 2.24) is 10.2 Å². The highest BCUT2D eigenvalue weighted by molar-refractivity contribution is 7.99. The molecule has 0 bridgehead atoms. The number of thioether (sulfide) groups is 1. The molecule has 0 aromatic carbocycles. The van der Waals surface area contributed by atoms with Crippen molar-refractivity contribution in [3.63, 3.8) is 0 Å². The zero-order valence-corrected chi connectivity index (χ0v) is 7.23. The predicted molar refractivity (Wildman–Crippen MR) is 44.3 cm³/mol. The molecule has 1 aromatic heterocycles. The van der Waals surface area contributed by atoms with Crippen LogP contribution in [0.5, 0.6) is 0 Å². The highest BCUT2D eigenvalue weighted by atomic mass is 32.2. The van der Waals surface area contributed by atoms with Crippen LogP contribution in [0.2, 0.25) is 0 Å². The van der Waals surface area contributed by atoms with Gasteiger partial charge in [0, 0.05) is 5.75 Å². The summed E-state index contributed by atoms with van der Waals surface area (Å²) in [7, 11) is 0. The van der Waals surface area contributed by atoms with Gasteiger partial charge in [0.15, 0.2) is 0 Å². The quantitative estimate of drug-likeness (QED) is 0.552. The Kier molecular flexibility index (Phi) is 3.22. The summed E-state index contributed by atoms with van der Waals surface area (Å²) in [6.07, 6.45) is 2.34. The number of aromatic nitrogens is 2. The van der Waals surface area contributed by atoms with Crippen molar-refractivity contribution in [1.29, 1.82) is 0 Å². The number of nitrogen functional groups attached to an aromatic ring is 1. The van der Waals surface area contributed by atoms with Crippen LogP contribution in [-0.4, -0.2) is 16.0 Å². The number of unbranched alkanes of at least 4 members (excludes halogenated alkanes) is 1. The summed E-state index contributed by atoms with van der Waals surface area (Å²) < 4.78 is 4.95. The fourth-order valence-electron chi connectivity index (χ4n) is 0.583. The highest BCUT2D eigenvalue weighted by Crippen LogP contribution is 2.17. The van der Waals surface area contributed by atoms with Crippen LogP contribution in [0.15, 0.2) is 9.64 Å². The SMILES string of the molecule is CCCCSc1nnc(N)o1. The lowest BCUT2D eigenvalue weighted by Crippen LogP contribution is -1.81. The molecular weight excluding hydrogens is 162 g/mol. The Bertz CT molecular complexity index is 213.